The summed E-state index contributed by atoms with van der Waals surface area (Å²) in [6.07, 6.45) is 1.59. The summed E-state index contributed by atoms with van der Waals surface area (Å²) in [6.45, 7) is 0. The molecular formula is C26H23N5O2. The third-order valence-corrected chi connectivity index (χ3v) is 5.73. The number of hydrogen-bond acceptors (Lipinski definition) is 6. The minimum absolute atomic E-state index is 0.435. The van der Waals surface area contributed by atoms with Gasteiger partial charge in [0, 0.05) is 0 Å². The third-order valence-electron chi connectivity index (χ3n) is 5.73. The predicted molar refractivity (Wildman–Crippen MR) is 126 cm³/mol. The van der Waals surface area contributed by atoms with Gasteiger partial charge in [-0.3, -0.25) is 9.68 Å². The molecule has 0 saturated carbocycles. The van der Waals surface area contributed by atoms with Crippen molar-refractivity contribution in [1.29, 1.82) is 0 Å². The molecule has 3 aromatic carbocycles. The molecule has 0 unspecified atom stereocenters. The maximum atomic E-state index is 5.42. The Morgan fingerprint density at radius 3 is 1.64 bits per heavy atom. The van der Waals surface area contributed by atoms with E-state index in [0.29, 0.717) is 22.8 Å². The fourth-order valence-electron chi connectivity index (χ4n) is 4.32. The summed E-state index contributed by atoms with van der Waals surface area (Å²) in [5.41, 5.74) is 3.42. The lowest BCUT2D eigenvalue weighted by Crippen LogP contribution is -2.34. The highest BCUT2D eigenvalue weighted by atomic mass is 16.9. The minimum Gasteiger partial charge on any atom is -0.340 e. The zero-order valence-electron chi connectivity index (χ0n) is 18.3. The Balaban J connectivity index is 1.93. The highest BCUT2D eigenvalue weighted by Gasteiger charge is 2.42. The van der Waals surface area contributed by atoms with Gasteiger partial charge in [-0.25, -0.2) is 15.0 Å². The van der Waals surface area contributed by atoms with Crippen LogP contribution in [0.1, 0.15) is 22.5 Å². The second kappa shape index (κ2) is 8.82. The largest absolute Gasteiger partial charge is 0.340 e. The number of H-pyrrole nitrogens is 1. The van der Waals surface area contributed by atoms with E-state index in [4.69, 9.17) is 19.6 Å². The van der Waals surface area contributed by atoms with Gasteiger partial charge < -0.3 is 4.98 Å². The van der Waals surface area contributed by atoms with Crippen LogP contribution in [0.5, 0.6) is 0 Å². The zero-order valence-corrected chi connectivity index (χ0v) is 18.3. The van der Waals surface area contributed by atoms with Crippen molar-refractivity contribution < 1.29 is 9.68 Å². The minimum atomic E-state index is -0.807. The molecule has 0 fully saturated rings. The van der Waals surface area contributed by atoms with E-state index in [1.807, 2.05) is 54.6 Å². The Hall–Kier alpha value is -4.07. The molecule has 0 bridgehead atoms. The van der Waals surface area contributed by atoms with Crippen molar-refractivity contribution in [3.05, 3.63) is 120 Å². The summed E-state index contributed by atoms with van der Waals surface area (Å²) in [7, 11) is 3.04. The van der Waals surface area contributed by atoms with Crippen LogP contribution in [0.15, 0.2) is 97.3 Å². The zero-order chi connectivity index (χ0) is 22.7. The Morgan fingerprint density at radius 2 is 1.18 bits per heavy atom. The maximum absolute atomic E-state index is 5.42. The molecule has 0 radical (unpaired) electrons. The monoisotopic (exact) mass is 437 g/mol. The summed E-state index contributed by atoms with van der Waals surface area (Å²) >= 11 is 0. The number of hydrogen-bond donors (Lipinski definition) is 1. The van der Waals surface area contributed by atoms with E-state index in [2.05, 4.69) is 46.4 Å². The first kappa shape index (κ1) is 20.8. The van der Waals surface area contributed by atoms with Crippen molar-refractivity contribution in [2.75, 3.05) is 19.4 Å². The number of nitrogens with zero attached hydrogens (tertiary/aromatic N) is 4. The van der Waals surface area contributed by atoms with Crippen molar-refractivity contribution in [2.45, 2.75) is 5.41 Å². The first-order valence-corrected chi connectivity index (χ1v) is 10.6. The van der Waals surface area contributed by atoms with Gasteiger partial charge in [0.2, 0.25) is 5.82 Å². The van der Waals surface area contributed by atoms with E-state index in [1.54, 1.807) is 6.33 Å². The molecule has 2 aromatic heterocycles. The standard InChI is InChI=1S/C26H23N5O2/c1-32-31(33-2)24-22-23(28-18-27-22)29-25(30-24)26(19-12-6-3-7-13-19,20-14-8-4-9-15-20)21-16-10-5-11-17-21/h3-18H,1-2H3,(H,27,28,29,30). The van der Waals surface area contributed by atoms with Crippen molar-refractivity contribution in [3.8, 4) is 0 Å². The van der Waals surface area contributed by atoms with Gasteiger partial charge in [0.1, 0.15) is 10.9 Å². The van der Waals surface area contributed by atoms with Crippen LogP contribution in [-0.4, -0.2) is 34.2 Å². The van der Waals surface area contributed by atoms with Crippen LogP contribution in [0.25, 0.3) is 11.2 Å². The summed E-state index contributed by atoms with van der Waals surface area (Å²) in [5, 5.41) is 1.25. The Labute approximate surface area is 191 Å². The predicted octanol–water partition coefficient (Wildman–Crippen LogP) is 4.66. The highest BCUT2D eigenvalue weighted by Crippen LogP contribution is 2.44. The van der Waals surface area contributed by atoms with Crippen molar-refractivity contribution >= 4 is 17.0 Å². The van der Waals surface area contributed by atoms with Crippen LogP contribution >= 0.6 is 0 Å². The number of nitrogens with one attached hydrogen (secondary N) is 1. The number of aromatic nitrogens is 4. The molecule has 0 aliphatic rings. The molecule has 0 saturated heterocycles. The lowest BCUT2D eigenvalue weighted by Gasteiger charge is -2.35. The fraction of sp³-hybridized carbons (Fsp3) is 0.115. The molecule has 33 heavy (non-hydrogen) atoms. The SMILES string of the molecule is CON(OC)c1nc(C(c2ccccc2)(c2ccccc2)c2ccccc2)nc2nc[nH]c12. The molecule has 0 atom stereocenters. The summed E-state index contributed by atoms with van der Waals surface area (Å²) in [5.74, 6) is 0.990. The van der Waals surface area contributed by atoms with Gasteiger partial charge in [0.15, 0.2) is 11.5 Å². The smallest absolute Gasteiger partial charge is 0.213 e. The van der Waals surface area contributed by atoms with E-state index in [1.165, 1.54) is 19.4 Å². The normalized spacial score (nSPS) is 11.6. The second-order valence-corrected chi connectivity index (χ2v) is 7.44. The lowest BCUT2D eigenvalue weighted by atomic mass is 9.68. The van der Waals surface area contributed by atoms with Crippen LogP contribution in [0.3, 0.4) is 0 Å². The molecule has 0 aliphatic carbocycles. The molecule has 164 valence electrons. The molecule has 5 rings (SSSR count). The van der Waals surface area contributed by atoms with Crippen LogP contribution in [-0.2, 0) is 15.1 Å². The van der Waals surface area contributed by atoms with E-state index >= 15 is 0 Å². The molecule has 7 heteroatoms. The molecule has 0 spiro atoms. The molecule has 2 heterocycles. The van der Waals surface area contributed by atoms with Crippen molar-refractivity contribution in [2.24, 2.45) is 0 Å². The Bertz CT molecular complexity index is 1240. The Morgan fingerprint density at radius 1 is 0.697 bits per heavy atom. The van der Waals surface area contributed by atoms with Gasteiger partial charge in [-0.1, -0.05) is 91.0 Å². The van der Waals surface area contributed by atoms with E-state index in [-0.39, 0.29) is 0 Å². The number of benzene rings is 3. The molecule has 0 amide bonds. The van der Waals surface area contributed by atoms with Crippen LogP contribution in [0.2, 0.25) is 0 Å². The molecular weight excluding hydrogens is 414 g/mol. The molecule has 5 aromatic rings. The van der Waals surface area contributed by atoms with Gasteiger partial charge in [-0.15, -0.1) is 5.23 Å². The number of rotatable bonds is 7. The van der Waals surface area contributed by atoms with Crippen molar-refractivity contribution in [3.63, 3.8) is 0 Å². The number of fused-ring (bicyclic) bond motifs is 1. The quantitative estimate of drug-likeness (QED) is 0.295. The van der Waals surface area contributed by atoms with Gasteiger partial charge >= 0.3 is 0 Å². The first-order valence-electron chi connectivity index (χ1n) is 10.6. The van der Waals surface area contributed by atoms with Gasteiger partial charge in [-0.2, -0.15) is 0 Å². The first-order chi connectivity index (χ1) is 16.3. The molecule has 1 N–H and O–H groups in total. The summed E-state index contributed by atoms with van der Waals surface area (Å²) in [6, 6.07) is 30.8. The van der Waals surface area contributed by atoms with E-state index in [0.717, 1.165) is 16.7 Å². The molecule has 0 aliphatic heterocycles. The Kier molecular flexibility index (Phi) is 5.56. The van der Waals surface area contributed by atoms with Gasteiger partial charge in [0.05, 0.1) is 20.5 Å². The highest BCUT2D eigenvalue weighted by molar-refractivity contribution is 5.82. The molecule has 7 nitrogen and oxygen atoms in total. The maximum Gasteiger partial charge on any atom is 0.213 e. The topological polar surface area (TPSA) is 76.2 Å². The summed E-state index contributed by atoms with van der Waals surface area (Å²) < 4.78 is 0. The van der Waals surface area contributed by atoms with Gasteiger partial charge in [0.25, 0.3) is 0 Å². The fourth-order valence-corrected chi connectivity index (χ4v) is 4.32. The van der Waals surface area contributed by atoms with Gasteiger partial charge in [-0.05, 0) is 16.7 Å². The average molecular weight is 438 g/mol. The van der Waals surface area contributed by atoms with E-state index < -0.39 is 5.41 Å². The van der Waals surface area contributed by atoms with Crippen molar-refractivity contribution in [1.82, 2.24) is 19.9 Å². The van der Waals surface area contributed by atoms with Crippen LogP contribution in [0.4, 0.5) is 5.82 Å². The van der Waals surface area contributed by atoms with Crippen LogP contribution < -0.4 is 5.23 Å². The number of imidazole rings is 1. The number of anilines is 1. The van der Waals surface area contributed by atoms with Crippen LogP contribution in [0, 0.1) is 0 Å². The lowest BCUT2D eigenvalue weighted by molar-refractivity contribution is -0.0446. The third kappa shape index (κ3) is 3.44. The van der Waals surface area contributed by atoms with E-state index in [9.17, 15) is 0 Å². The second-order valence-electron chi connectivity index (χ2n) is 7.44. The number of aromatic amines is 1. The summed E-state index contributed by atoms with van der Waals surface area (Å²) in [4.78, 5) is 28.3. The average Bonchev–Trinajstić information content (AvgIpc) is 3.36.